The van der Waals surface area contributed by atoms with Crippen molar-refractivity contribution >= 4 is 0 Å². The lowest BCUT2D eigenvalue weighted by Crippen LogP contribution is -2.22. The maximum atomic E-state index is 4.53. The summed E-state index contributed by atoms with van der Waals surface area (Å²) < 4.78 is 1.94. The zero-order chi connectivity index (χ0) is 11.5. The second-order valence-corrected chi connectivity index (χ2v) is 5.31. The van der Waals surface area contributed by atoms with Crippen molar-refractivity contribution in [2.45, 2.75) is 59.4 Å². The zero-order valence-electron chi connectivity index (χ0n) is 10.6. The first-order chi connectivity index (χ1) is 6.95. The molecule has 0 N–H and O–H groups in total. The largest absolute Gasteiger partial charge is 0.253 e. The van der Waals surface area contributed by atoms with Gasteiger partial charge in [0.1, 0.15) is 6.33 Å². The Hall–Kier alpha value is -0.860. The van der Waals surface area contributed by atoms with E-state index < -0.39 is 0 Å². The molecule has 1 rings (SSSR count). The molecule has 1 aromatic rings. The molecule has 0 spiro atoms. The van der Waals surface area contributed by atoms with Crippen molar-refractivity contribution in [2.75, 3.05) is 0 Å². The van der Waals surface area contributed by atoms with Gasteiger partial charge in [-0.2, -0.15) is 5.10 Å². The molecular weight excluding hydrogens is 186 g/mol. The van der Waals surface area contributed by atoms with Crippen molar-refractivity contribution in [3.63, 3.8) is 0 Å². The first-order valence-electron chi connectivity index (χ1n) is 5.85. The highest BCUT2D eigenvalue weighted by Crippen LogP contribution is 2.27. The van der Waals surface area contributed by atoms with Gasteiger partial charge in [0.2, 0.25) is 0 Å². The molecule has 0 radical (unpaired) electrons. The van der Waals surface area contributed by atoms with Gasteiger partial charge in [0, 0.05) is 12.0 Å². The maximum absolute atomic E-state index is 4.53. The molecule has 1 aromatic heterocycles. The molecule has 0 aliphatic carbocycles. The fraction of sp³-hybridized carbons (Fsp3) is 0.833. The van der Waals surface area contributed by atoms with Gasteiger partial charge >= 0.3 is 0 Å². The van der Waals surface area contributed by atoms with E-state index in [1.54, 1.807) is 0 Å². The number of hydrogen-bond acceptors (Lipinski definition) is 2. The van der Waals surface area contributed by atoms with E-state index in [1.165, 1.54) is 0 Å². The van der Waals surface area contributed by atoms with Crippen molar-refractivity contribution in [1.82, 2.24) is 14.8 Å². The Bertz CT molecular complexity index is 300. The highest BCUT2D eigenvalue weighted by Gasteiger charge is 2.26. The lowest BCUT2D eigenvalue weighted by atomic mass is 9.83. The summed E-state index contributed by atoms with van der Waals surface area (Å²) in [5, 5.41) is 4.53. The van der Waals surface area contributed by atoms with Crippen LogP contribution in [0.2, 0.25) is 0 Å². The molecule has 0 aliphatic rings. The Labute approximate surface area is 92.9 Å². The molecule has 0 amide bonds. The summed E-state index contributed by atoms with van der Waals surface area (Å²) in [4.78, 5) is 4.41. The van der Waals surface area contributed by atoms with Crippen LogP contribution >= 0.6 is 0 Å². The van der Waals surface area contributed by atoms with Crippen molar-refractivity contribution in [3.05, 3.63) is 12.2 Å². The standard InChI is InChI=1S/C12H23N3/c1-6-7-15-9-13-11(14-15)12(4,5)8-10(2)3/h9-10H,6-8H2,1-5H3. The lowest BCUT2D eigenvalue weighted by Gasteiger charge is -2.23. The Morgan fingerprint density at radius 1 is 1.40 bits per heavy atom. The van der Waals surface area contributed by atoms with Gasteiger partial charge in [0.05, 0.1) is 0 Å². The van der Waals surface area contributed by atoms with E-state index in [-0.39, 0.29) is 5.41 Å². The van der Waals surface area contributed by atoms with E-state index in [4.69, 9.17) is 0 Å². The van der Waals surface area contributed by atoms with Crippen LogP contribution in [0.4, 0.5) is 0 Å². The van der Waals surface area contributed by atoms with Gasteiger partial charge in [-0.15, -0.1) is 0 Å². The molecule has 0 atom stereocenters. The van der Waals surface area contributed by atoms with E-state index in [1.807, 2.05) is 11.0 Å². The number of hydrogen-bond donors (Lipinski definition) is 0. The van der Waals surface area contributed by atoms with Crippen molar-refractivity contribution < 1.29 is 0 Å². The minimum atomic E-state index is 0.0904. The van der Waals surface area contributed by atoms with Crippen LogP contribution in [0.1, 0.15) is 53.3 Å². The van der Waals surface area contributed by atoms with Crippen molar-refractivity contribution in [2.24, 2.45) is 5.92 Å². The van der Waals surface area contributed by atoms with Crippen molar-refractivity contribution in [3.8, 4) is 0 Å². The molecule has 0 bridgehead atoms. The number of aryl methyl sites for hydroxylation is 1. The van der Waals surface area contributed by atoms with Crippen LogP contribution in [0.15, 0.2) is 6.33 Å². The zero-order valence-corrected chi connectivity index (χ0v) is 10.6. The second-order valence-electron chi connectivity index (χ2n) is 5.31. The van der Waals surface area contributed by atoms with Gasteiger partial charge < -0.3 is 0 Å². The topological polar surface area (TPSA) is 30.7 Å². The van der Waals surface area contributed by atoms with Crippen LogP contribution in [-0.4, -0.2) is 14.8 Å². The Kier molecular flexibility index (Phi) is 3.89. The van der Waals surface area contributed by atoms with Gasteiger partial charge in [-0.3, -0.25) is 4.68 Å². The molecule has 0 saturated carbocycles. The summed E-state index contributed by atoms with van der Waals surface area (Å²) in [5.41, 5.74) is 0.0904. The van der Waals surface area contributed by atoms with Crippen LogP contribution in [0.3, 0.4) is 0 Å². The molecule has 0 unspecified atom stereocenters. The van der Waals surface area contributed by atoms with E-state index in [0.717, 1.165) is 25.2 Å². The predicted molar refractivity (Wildman–Crippen MR) is 62.8 cm³/mol. The van der Waals surface area contributed by atoms with Crippen LogP contribution in [0, 0.1) is 5.92 Å². The fourth-order valence-corrected chi connectivity index (χ4v) is 2.05. The van der Waals surface area contributed by atoms with Crippen LogP contribution in [0.5, 0.6) is 0 Å². The van der Waals surface area contributed by atoms with Crippen LogP contribution in [-0.2, 0) is 12.0 Å². The molecule has 3 nitrogen and oxygen atoms in total. The number of aromatic nitrogens is 3. The summed E-state index contributed by atoms with van der Waals surface area (Å²) in [6.45, 7) is 12.0. The number of rotatable bonds is 5. The molecule has 86 valence electrons. The van der Waals surface area contributed by atoms with Gasteiger partial charge in [-0.25, -0.2) is 4.98 Å². The molecule has 3 heteroatoms. The Morgan fingerprint density at radius 2 is 2.07 bits per heavy atom. The third-order valence-electron chi connectivity index (χ3n) is 2.51. The molecule has 0 saturated heterocycles. The monoisotopic (exact) mass is 209 g/mol. The molecule has 0 aliphatic heterocycles. The molecular formula is C12H23N3. The normalized spacial score (nSPS) is 12.4. The third kappa shape index (κ3) is 3.33. The Balaban J connectivity index is 2.75. The van der Waals surface area contributed by atoms with Gasteiger partial charge in [-0.05, 0) is 18.8 Å². The maximum Gasteiger partial charge on any atom is 0.156 e. The van der Waals surface area contributed by atoms with Crippen LogP contribution in [0.25, 0.3) is 0 Å². The first kappa shape index (κ1) is 12.2. The van der Waals surface area contributed by atoms with E-state index >= 15 is 0 Å². The fourth-order valence-electron chi connectivity index (χ4n) is 2.05. The van der Waals surface area contributed by atoms with Gasteiger partial charge in [0.15, 0.2) is 5.82 Å². The average molecular weight is 209 g/mol. The SMILES string of the molecule is CCCn1cnc(C(C)(C)CC(C)C)n1. The smallest absolute Gasteiger partial charge is 0.156 e. The van der Waals surface area contributed by atoms with E-state index in [2.05, 4.69) is 44.7 Å². The third-order valence-corrected chi connectivity index (χ3v) is 2.51. The minimum Gasteiger partial charge on any atom is -0.253 e. The average Bonchev–Trinajstić information content (AvgIpc) is 2.51. The molecule has 0 aromatic carbocycles. The summed E-state index contributed by atoms with van der Waals surface area (Å²) in [5.74, 6) is 1.66. The summed E-state index contributed by atoms with van der Waals surface area (Å²) in [6.07, 6.45) is 4.08. The van der Waals surface area contributed by atoms with Crippen molar-refractivity contribution in [1.29, 1.82) is 0 Å². The Morgan fingerprint density at radius 3 is 2.60 bits per heavy atom. The first-order valence-corrected chi connectivity index (χ1v) is 5.85. The molecule has 15 heavy (non-hydrogen) atoms. The molecule has 0 fully saturated rings. The predicted octanol–water partition coefficient (Wildman–Crippen LogP) is 3.01. The number of nitrogens with zero attached hydrogens (tertiary/aromatic N) is 3. The van der Waals surface area contributed by atoms with Gasteiger partial charge in [0.25, 0.3) is 0 Å². The summed E-state index contributed by atoms with van der Waals surface area (Å²) in [7, 11) is 0. The summed E-state index contributed by atoms with van der Waals surface area (Å²) >= 11 is 0. The van der Waals surface area contributed by atoms with E-state index in [9.17, 15) is 0 Å². The van der Waals surface area contributed by atoms with E-state index in [0.29, 0.717) is 5.92 Å². The minimum absolute atomic E-state index is 0.0904. The highest BCUT2D eigenvalue weighted by atomic mass is 15.3. The highest BCUT2D eigenvalue weighted by molar-refractivity contribution is 5.01. The molecule has 1 heterocycles. The lowest BCUT2D eigenvalue weighted by molar-refractivity contribution is 0.378. The second kappa shape index (κ2) is 4.77. The quantitative estimate of drug-likeness (QED) is 0.746. The summed E-state index contributed by atoms with van der Waals surface area (Å²) in [6, 6.07) is 0. The van der Waals surface area contributed by atoms with Crippen LogP contribution < -0.4 is 0 Å². The van der Waals surface area contributed by atoms with Gasteiger partial charge in [-0.1, -0.05) is 34.6 Å².